The Labute approximate surface area is 134 Å². The van der Waals surface area contributed by atoms with Gasteiger partial charge < -0.3 is 10.2 Å². The first-order valence-electron chi connectivity index (χ1n) is 8.96. The van der Waals surface area contributed by atoms with Crippen molar-refractivity contribution in [1.82, 2.24) is 10.2 Å². The molecular formula is C17H31N3S. The molecule has 1 spiro atoms. The molecule has 0 aromatic rings. The minimum atomic E-state index is 0.554. The molecule has 1 saturated heterocycles. The molecule has 0 aromatic carbocycles. The first-order chi connectivity index (χ1) is 10.3. The van der Waals surface area contributed by atoms with E-state index in [1.165, 1.54) is 81.9 Å². The molecule has 120 valence electrons. The van der Waals surface area contributed by atoms with Crippen molar-refractivity contribution in [2.75, 3.05) is 31.9 Å². The van der Waals surface area contributed by atoms with Crippen LogP contribution in [0.25, 0.3) is 0 Å². The molecule has 0 radical (unpaired) electrons. The lowest BCUT2D eigenvalue weighted by molar-refractivity contribution is 0.206. The van der Waals surface area contributed by atoms with E-state index in [4.69, 9.17) is 4.99 Å². The zero-order valence-electron chi connectivity index (χ0n) is 13.6. The molecule has 2 heterocycles. The summed E-state index contributed by atoms with van der Waals surface area (Å²) in [6.45, 7) is 7.14. The zero-order chi connectivity index (χ0) is 14.5. The maximum absolute atomic E-state index is 4.91. The van der Waals surface area contributed by atoms with Crippen LogP contribution in [0.15, 0.2) is 4.99 Å². The Bertz CT molecular complexity index is 355. The Hall–Kier alpha value is -0.220. The normalized spacial score (nSPS) is 27.6. The average molecular weight is 310 g/mol. The molecule has 2 aliphatic heterocycles. The number of piperidine rings is 1. The summed E-state index contributed by atoms with van der Waals surface area (Å²) in [5.41, 5.74) is 0.554. The third kappa shape index (κ3) is 4.16. The fourth-order valence-electron chi connectivity index (χ4n) is 4.04. The van der Waals surface area contributed by atoms with Gasteiger partial charge in [-0.05, 0) is 44.1 Å². The van der Waals surface area contributed by atoms with E-state index in [0.717, 1.165) is 6.54 Å². The lowest BCUT2D eigenvalue weighted by atomic mass is 9.75. The second kappa shape index (κ2) is 7.36. The molecule has 4 heteroatoms. The van der Waals surface area contributed by atoms with Crippen molar-refractivity contribution in [3.63, 3.8) is 0 Å². The van der Waals surface area contributed by atoms with Crippen LogP contribution < -0.4 is 5.32 Å². The number of thioether (sulfide) groups is 1. The van der Waals surface area contributed by atoms with Crippen molar-refractivity contribution in [2.24, 2.45) is 10.4 Å². The van der Waals surface area contributed by atoms with Gasteiger partial charge in [0.05, 0.1) is 0 Å². The molecule has 3 nitrogen and oxygen atoms in total. The molecule has 1 N–H and O–H groups in total. The van der Waals surface area contributed by atoms with E-state index in [-0.39, 0.29) is 0 Å². The minimum absolute atomic E-state index is 0.554. The van der Waals surface area contributed by atoms with Crippen molar-refractivity contribution in [2.45, 2.75) is 64.3 Å². The fourth-order valence-corrected chi connectivity index (χ4v) is 5.26. The van der Waals surface area contributed by atoms with Crippen molar-refractivity contribution in [1.29, 1.82) is 0 Å². The quantitative estimate of drug-likeness (QED) is 0.864. The van der Waals surface area contributed by atoms with Crippen LogP contribution in [0, 0.1) is 5.41 Å². The maximum Gasteiger partial charge on any atom is 0.156 e. The highest BCUT2D eigenvalue weighted by molar-refractivity contribution is 8.13. The van der Waals surface area contributed by atoms with Gasteiger partial charge in [0.2, 0.25) is 0 Å². The van der Waals surface area contributed by atoms with Gasteiger partial charge in [-0.15, -0.1) is 0 Å². The number of hydrogen-bond donors (Lipinski definition) is 1. The number of likely N-dealkylation sites (tertiary alicyclic amines) is 1. The van der Waals surface area contributed by atoms with Gasteiger partial charge in [0, 0.05) is 31.4 Å². The standard InChI is InChI=1S/C17H31N3S/c1-2-10-20-11-6-15(7-12-20)19-16-18-13-17(14-21-16)8-4-3-5-9-17/h15H,2-14H2,1H3,(H,18,19). The monoisotopic (exact) mass is 309 g/mol. The highest BCUT2D eigenvalue weighted by atomic mass is 32.2. The molecule has 0 unspecified atom stereocenters. The van der Waals surface area contributed by atoms with Crippen LogP contribution in [-0.4, -0.2) is 48.0 Å². The highest BCUT2D eigenvalue weighted by Gasteiger charge is 2.35. The Morgan fingerprint density at radius 2 is 2.00 bits per heavy atom. The lowest BCUT2D eigenvalue weighted by Crippen LogP contribution is -2.46. The second-order valence-electron chi connectivity index (χ2n) is 7.23. The molecule has 1 saturated carbocycles. The summed E-state index contributed by atoms with van der Waals surface area (Å²) >= 11 is 2.00. The number of hydrogen-bond acceptors (Lipinski definition) is 4. The zero-order valence-corrected chi connectivity index (χ0v) is 14.4. The molecule has 3 rings (SSSR count). The minimum Gasteiger partial charge on any atom is -0.362 e. The topological polar surface area (TPSA) is 27.6 Å². The number of rotatable bonds is 3. The van der Waals surface area contributed by atoms with E-state index >= 15 is 0 Å². The Morgan fingerprint density at radius 1 is 1.24 bits per heavy atom. The van der Waals surface area contributed by atoms with Crippen molar-refractivity contribution in [3.05, 3.63) is 0 Å². The van der Waals surface area contributed by atoms with Gasteiger partial charge in [-0.2, -0.15) is 0 Å². The van der Waals surface area contributed by atoms with Crippen LogP contribution in [0.2, 0.25) is 0 Å². The molecule has 3 aliphatic rings. The Morgan fingerprint density at radius 3 is 2.62 bits per heavy atom. The van der Waals surface area contributed by atoms with Gasteiger partial charge in [-0.1, -0.05) is 37.9 Å². The van der Waals surface area contributed by atoms with Crippen LogP contribution >= 0.6 is 11.8 Å². The van der Waals surface area contributed by atoms with Crippen molar-refractivity contribution >= 4 is 16.9 Å². The summed E-state index contributed by atoms with van der Waals surface area (Å²) in [5, 5.41) is 4.96. The van der Waals surface area contributed by atoms with Crippen molar-refractivity contribution < 1.29 is 0 Å². The van der Waals surface area contributed by atoms with Crippen LogP contribution in [0.4, 0.5) is 0 Å². The summed E-state index contributed by atoms with van der Waals surface area (Å²) in [6.07, 6.45) is 11.0. The Kier molecular flexibility index (Phi) is 5.49. The molecule has 2 fully saturated rings. The van der Waals surface area contributed by atoms with E-state index in [1.54, 1.807) is 0 Å². The predicted octanol–water partition coefficient (Wildman–Crippen LogP) is 3.50. The summed E-state index contributed by atoms with van der Waals surface area (Å²) < 4.78 is 0. The smallest absolute Gasteiger partial charge is 0.156 e. The third-order valence-electron chi connectivity index (χ3n) is 5.44. The van der Waals surface area contributed by atoms with E-state index in [1.807, 2.05) is 11.8 Å². The van der Waals surface area contributed by atoms with Gasteiger partial charge in [-0.25, -0.2) is 0 Å². The van der Waals surface area contributed by atoms with E-state index in [9.17, 15) is 0 Å². The summed E-state index contributed by atoms with van der Waals surface area (Å²) in [7, 11) is 0. The molecule has 1 aliphatic carbocycles. The second-order valence-corrected chi connectivity index (χ2v) is 8.20. The van der Waals surface area contributed by atoms with Crippen LogP contribution in [-0.2, 0) is 0 Å². The fraction of sp³-hybridized carbons (Fsp3) is 0.941. The van der Waals surface area contributed by atoms with Crippen LogP contribution in [0.1, 0.15) is 58.3 Å². The van der Waals surface area contributed by atoms with E-state index in [2.05, 4.69) is 17.1 Å². The average Bonchev–Trinajstić information content (AvgIpc) is 2.53. The molecular weight excluding hydrogens is 278 g/mol. The number of aliphatic imine (C=N–C) groups is 1. The van der Waals surface area contributed by atoms with E-state index in [0.29, 0.717) is 11.5 Å². The highest BCUT2D eigenvalue weighted by Crippen LogP contribution is 2.41. The van der Waals surface area contributed by atoms with Crippen LogP contribution in [0.5, 0.6) is 0 Å². The predicted molar refractivity (Wildman–Crippen MR) is 93.2 cm³/mol. The summed E-state index contributed by atoms with van der Waals surface area (Å²) in [5.74, 6) is 1.30. The first kappa shape index (κ1) is 15.7. The van der Waals surface area contributed by atoms with Gasteiger partial charge >= 0.3 is 0 Å². The van der Waals surface area contributed by atoms with Gasteiger partial charge in [-0.3, -0.25) is 4.99 Å². The molecule has 21 heavy (non-hydrogen) atoms. The Balaban J connectivity index is 1.44. The molecule has 0 amide bonds. The molecule has 0 aromatic heterocycles. The van der Waals surface area contributed by atoms with Gasteiger partial charge in [0.15, 0.2) is 5.17 Å². The van der Waals surface area contributed by atoms with Crippen molar-refractivity contribution in [3.8, 4) is 0 Å². The van der Waals surface area contributed by atoms with E-state index < -0.39 is 0 Å². The first-order valence-corrected chi connectivity index (χ1v) is 9.94. The third-order valence-corrected chi connectivity index (χ3v) is 6.72. The molecule has 0 bridgehead atoms. The largest absolute Gasteiger partial charge is 0.362 e. The number of nitrogens with zero attached hydrogens (tertiary/aromatic N) is 2. The lowest BCUT2D eigenvalue weighted by Gasteiger charge is -2.39. The number of nitrogens with one attached hydrogen (secondary N) is 1. The maximum atomic E-state index is 4.91. The van der Waals surface area contributed by atoms with Gasteiger partial charge in [0.1, 0.15) is 0 Å². The SMILES string of the molecule is CCCN1CCC(NC2=NCC3(CCCCC3)CS2)CC1. The van der Waals surface area contributed by atoms with Gasteiger partial charge in [0.25, 0.3) is 0 Å². The summed E-state index contributed by atoms with van der Waals surface area (Å²) in [6, 6.07) is 0.657. The van der Waals surface area contributed by atoms with Crippen LogP contribution in [0.3, 0.4) is 0 Å². The molecule has 0 atom stereocenters. The summed E-state index contributed by atoms with van der Waals surface area (Å²) in [4.78, 5) is 7.51. The number of amidine groups is 1.